The van der Waals surface area contributed by atoms with Crippen molar-refractivity contribution >= 4 is 28.2 Å². The van der Waals surface area contributed by atoms with E-state index in [1.807, 2.05) is 53.9 Å². The van der Waals surface area contributed by atoms with Gasteiger partial charge in [0.25, 0.3) is 0 Å². The quantitative estimate of drug-likeness (QED) is 0.502. The number of amides is 2. The Kier molecular flexibility index (Phi) is 6.85. The van der Waals surface area contributed by atoms with Crippen molar-refractivity contribution in [2.75, 3.05) is 17.7 Å². The van der Waals surface area contributed by atoms with E-state index in [2.05, 4.69) is 29.5 Å². The van der Waals surface area contributed by atoms with Gasteiger partial charge in [-0.05, 0) is 47.7 Å². The van der Waals surface area contributed by atoms with Crippen LogP contribution in [-0.4, -0.2) is 18.1 Å². The lowest BCUT2D eigenvalue weighted by atomic mass is 10.0. The fourth-order valence-corrected chi connectivity index (χ4v) is 3.61. The summed E-state index contributed by atoms with van der Waals surface area (Å²) in [5.74, 6) is 1.26. The highest BCUT2D eigenvalue weighted by molar-refractivity contribution is 7.13. The summed E-state index contributed by atoms with van der Waals surface area (Å²) in [7, 11) is 1.64. The number of aromatic nitrogens is 1. The van der Waals surface area contributed by atoms with E-state index in [4.69, 9.17) is 10.5 Å². The number of benzene rings is 2. The number of rotatable bonds is 7. The Labute approximate surface area is 175 Å². The van der Waals surface area contributed by atoms with Gasteiger partial charge in [-0.3, -0.25) is 5.32 Å². The van der Waals surface area contributed by atoms with E-state index in [-0.39, 0.29) is 12.1 Å². The zero-order chi connectivity index (χ0) is 20.8. The molecule has 152 valence electrons. The van der Waals surface area contributed by atoms with Crippen LogP contribution in [0.2, 0.25) is 0 Å². The number of methoxy groups -OCH3 is 1. The summed E-state index contributed by atoms with van der Waals surface area (Å²) in [5, 5.41) is 7.98. The molecular formula is C22H26N4O2S. The predicted molar refractivity (Wildman–Crippen MR) is 119 cm³/mol. The third-order valence-corrected chi connectivity index (χ3v) is 5.35. The third-order valence-electron chi connectivity index (χ3n) is 4.57. The summed E-state index contributed by atoms with van der Waals surface area (Å²) in [6, 6.07) is 15.0. The van der Waals surface area contributed by atoms with E-state index in [0.717, 1.165) is 22.7 Å². The molecule has 0 fully saturated rings. The molecule has 1 aromatic heterocycles. The third kappa shape index (κ3) is 5.79. The maximum absolute atomic E-state index is 12.2. The van der Waals surface area contributed by atoms with E-state index in [0.29, 0.717) is 17.5 Å². The van der Waals surface area contributed by atoms with Gasteiger partial charge in [-0.15, -0.1) is 11.3 Å². The first-order valence-corrected chi connectivity index (χ1v) is 10.3. The Morgan fingerprint density at radius 1 is 1.10 bits per heavy atom. The van der Waals surface area contributed by atoms with Gasteiger partial charge < -0.3 is 15.8 Å². The molecule has 0 aliphatic heterocycles. The standard InChI is InChI=1S/C22H26N4O2S/c1-14(2)16-6-8-17(9-7-16)24-21(27)26-22-25-20(13-29-22)19(23)12-15-4-10-18(28-3)11-5-15/h4-11,13-14,19H,12,23H2,1-3H3,(H2,24,25,26,27). The fraction of sp³-hybridized carbons (Fsp3) is 0.273. The number of nitrogens with zero attached hydrogens (tertiary/aromatic N) is 1. The van der Waals surface area contributed by atoms with Crippen molar-refractivity contribution in [1.82, 2.24) is 4.98 Å². The number of thiazole rings is 1. The number of carbonyl (C=O) groups excluding carboxylic acids is 1. The second-order valence-corrected chi connectivity index (χ2v) is 7.95. The molecule has 0 aliphatic carbocycles. The molecule has 3 aromatic rings. The van der Waals surface area contributed by atoms with Crippen LogP contribution in [0.1, 0.15) is 42.6 Å². The van der Waals surface area contributed by atoms with Crippen molar-refractivity contribution in [3.05, 3.63) is 70.7 Å². The summed E-state index contributed by atoms with van der Waals surface area (Å²) >= 11 is 1.36. The van der Waals surface area contributed by atoms with Gasteiger partial charge in [0, 0.05) is 11.1 Å². The first kappa shape index (κ1) is 20.8. The molecule has 6 nitrogen and oxygen atoms in total. The van der Waals surface area contributed by atoms with Crippen LogP contribution in [0.15, 0.2) is 53.9 Å². The Balaban J connectivity index is 1.55. The highest BCUT2D eigenvalue weighted by atomic mass is 32.1. The Bertz CT molecular complexity index is 936. The van der Waals surface area contributed by atoms with Crippen LogP contribution < -0.4 is 21.1 Å². The molecule has 2 aromatic carbocycles. The van der Waals surface area contributed by atoms with Gasteiger partial charge in [0.1, 0.15) is 5.75 Å². The number of ether oxygens (including phenoxy) is 1. The van der Waals surface area contributed by atoms with Crippen LogP contribution in [0.3, 0.4) is 0 Å². The molecule has 3 rings (SSSR count). The number of hydrogen-bond acceptors (Lipinski definition) is 5. The van der Waals surface area contributed by atoms with Gasteiger partial charge in [-0.1, -0.05) is 38.1 Å². The van der Waals surface area contributed by atoms with Crippen LogP contribution in [0.25, 0.3) is 0 Å². The van der Waals surface area contributed by atoms with Crippen molar-refractivity contribution in [2.45, 2.75) is 32.2 Å². The van der Waals surface area contributed by atoms with Crippen molar-refractivity contribution in [3.63, 3.8) is 0 Å². The Morgan fingerprint density at radius 3 is 2.41 bits per heavy atom. The predicted octanol–water partition coefficient (Wildman–Crippen LogP) is 5.16. The Morgan fingerprint density at radius 2 is 1.79 bits per heavy atom. The number of anilines is 2. The minimum atomic E-state index is -0.327. The summed E-state index contributed by atoms with van der Waals surface area (Å²) in [5.41, 5.74) is 10.1. The maximum atomic E-state index is 12.2. The molecule has 1 atom stereocenters. The zero-order valence-corrected chi connectivity index (χ0v) is 17.6. The van der Waals surface area contributed by atoms with Crippen molar-refractivity contribution in [3.8, 4) is 5.75 Å². The summed E-state index contributed by atoms with van der Waals surface area (Å²) in [6.45, 7) is 4.27. The largest absolute Gasteiger partial charge is 0.497 e. The number of urea groups is 1. The normalized spacial score (nSPS) is 11.9. The average molecular weight is 411 g/mol. The molecule has 0 radical (unpaired) electrons. The van der Waals surface area contributed by atoms with E-state index in [9.17, 15) is 4.79 Å². The zero-order valence-electron chi connectivity index (χ0n) is 16.8. The van der Waals surface area contributed by atoms with Crippen molar-refractivity contribution < 1.29 is 9.53 Å². The average Bonchev–Trinajstić information content (AvgIpc) is 3.17. The molecule has 0 aliphatic rings. The monoisotopic (exact) mass is 410 g/mol. The highest BCUT2D eigenvalue weighted by Gasteiger charge is 2.13. The Hall–Kier alpha value is -2.90. The molecule has 29 heavy (non-hydrogen) atoms. The topological polar surface area (TPSA) is 89.3 Å². The van der Waals surface area contributed by atoms with E-state index < -0.39 is 0 Å². The van der Waals surface area contributed by atoms with Crippen LogP contribution >= 0.6 is 11.3 Å². The first-order valence-electron chi connectivity index (χ1n) is 9.46. The number of hydrogen-bond donors (Lipinski definition) is 3. The fourth-order valence-electron chi connectivity index (χ4n) is 2.84. The minimum absolute atomic E-state index is 0.248. The minimum Gasteiger partial charge on any atom is -0.497 e. The second-order valence-electron chi connectivity index (χ2n) is 7.09. The summed E-state index contributed by atoms with van der Waals surface area (Å²) in [4.78, 5) is 16.7. The van der Waals surface area contributed by atoms with Gasteiger partial charge in [0.05, 0.1) is 18.8 Å². The summed E-state index contributed by atoms with van der Waals surface area (Å²) in [6.07, 6.45) is 0.654. The molecule has 1 heterocycles. The molecule has 4 N–H and O–H groups in total. The number of nitrogens with two attached hydrogens (primary N) is 1. The highest BCUT2D eigenvalue weighted by Crippen LogP contribution is 2.23. The van der Waals surface area contributed by atoms with Gasteiger partial charge >= 0.3 is 6.03 Å². The second kappa shape index (κ2) is 9.54. The molecular weight excluding hydrogens is 384 g/mol. The number of nitrogens with one attached hydrogen (secondary N) is 2. The van der Waals surface area contributed by atoms with Gasteiger partial charge in [0.2, 0.25) is 0 Å². The maximum Gasteiger partial charge on any atom is 0.325 e. The van der Waals surface area contributed by atoms with Crippen LogP contribution in [-0.2, 0) is 6.42 Å². The molecule has 0 saturated carbocycles. The van der Waals surface area contributed by atoms with E-state index >= 15 is 0 Å². The van der Waals surface area contributed by atoms with Crippen molar-refractivity contribution in [1.29, 1.82) is 0 Å². The van der Waals surface area contributed by atoms with Crippen LogP contribution in [0, 0.1) is 0 Å². The van der Waals surface area contributed by atoms with Crippen LogP contribution in [0.5, 0.6) is 5.75 Å². The van der Waals surface area contributed by atoms with Gasteiger partial charge in [-0.25, -0.2) is 9.78 Å². The lowest BCUT2D eigenvalue weighted by Gasteiger charge is -2.10. The first-order chi connectivity index (χ1) is 13.9. The molecule has 7 heteroatoms. The number of carbonyl (C=O) groups is 1. The van der Waals surface area contributed by atoms with Crippen molar-refractivity contribution in [2.24, 2.45) is 5.73 Å². The lowest BCUT2D eigenvalue weighted by Crippen LogP contribution is -2.19. The van der Waals surface area contributed by atoms with Gasteiger partial charge in [-0.2, -0.15) is 0 Å². The molecule has 0 spiro atoms. The molecule has 0 bridgehead atoms. The molecule has 1 unspecified atom stereocenters. The smallest absolute Gasteiger partial charge is 0.325 e. The lowest BCUT2D eigenvalue weighted by molar-refractivity contribution is 0.262. The molecule has 0 saturated heterocycles. The SMILES string of the molecule is COc1ccc(CC(N)c2csc(NC(=O)Nc3ccc(C(C)C)cc3)n2)cc1. The van der Waals surface area contributed by atoms with Crippen LogP contribution in [0.4, 0.5) is 15.6 Å². The van der Waals surface area contributed by atoms with E-state index in [1.54, 1.807) is 7.11 Å². The summed E-state index contributed by atoms with van der Waals surface area (Å²) < 4.78 is 5.17. The molecule has 2 amide bonds. The van der Waals surface area contributed by atoms with E-state index in [1.165, 1.54) is 16.9 Å². The van der Waals surface area contributed by atoms with Gasteiger partial charge in [0.15, 0.2) is 5.13 Å².